The minimum absolute atomic E-state index is 0.332. The Hall–Kier alpha value is -1.94. The van der Waals surface area contributed by atoms with Crippen LogP contribution in [-0.2, 0) is 11.3 Å². The van der Waals surface area contributed by atoms with Gasteiger partial charge in [0.05, 0.1) is 0 Å². The van der Waals surface area contributed by atoms with Crippen LogP contribution in [0.4, 0.5) is 0 Å². The third-order valence-corrected chi connectivity index (χ3v) is 1.85. The molecule has 0 amide bonds. The lowest BCUT2D eigenvalue weighted by atomic mass is 10.1. The van der Waals surface area contributed by atoms with E-state index in [1.807, 2.05) is 0 Å². The van der Waals surface area contributed by atoms with Crippen LogP contribution in [0.5, 0.6) is 0 Å². The minimum atomic E-state index is -1.14. The Morgan fingerprint density at radius 1 is 1.20 bits per heavy atom. The van der Waals surface area contributed by atoms with Gasteiger partial charge in [0.15, 0.2) is 5.78 Å². The van der Waals surface area contributed by atoms with Gasteiger partial charge in [-0.3, -0.25) is 4.79 Å². The van der Waals surface area contributed by atoms with Crippen LogP contribution in [0.25, 0.3) is 0 Å². The molecule has 4 heteroatoms. The standard InChI is InChI=1S/C11H11NO3/c12-7-8-1-3-9(4-2-8)10(13)5-6-11(14)15/h1-6H,7,12H2,(H,14,15). The monoisotopic (exact) mass is 205 g/mol. The van der Waals surface area contributed by atoms with E-state index in [1.54, 1.807) is 24.3 Å². The van der Waals surface area contributed by atoms with E-state index in [4.69, 9.17) is 10.8 Å². The lowest BCUT2D eigenvalue weighted by Crippen LogP contribution is -1.99. The van der Waals surface area contributed by atoms with Gasteiger partial charge >= 0.3 is 5.97 Å². The number of nitrogens with two attached hydrogens (primary N) is 1. The third-order valence-electron chi connectivity index (χ3n) is 1.85. The summed E-state index contributed by atoms with van der Waals surface area (Å²) in [5.41, 5.74) is 6.77. The first kappa shape index (κ1) is 11.1. The number of hydrogen-bond donors (Lipinski definition) is 2. The van der Waals surface area contributed by atoms with Crippen molar-refractivity contribution in [3.05, 3.63) is 47.5 Å². The highest BCUT2D eigenvalue weighted by Gasteiger charge is 2.01. The van der Waals surface area contributed by atoms with Crippen LogP contribution in [0.2, 0.25) is 0 Å². The van der Waals surface area contributed by atoms with Crippen molar-refractivity contribution in [2.24, 2.45) is 5.73 Å². The maximum absolute atomic E-state index is 11.4. The second kappa shape index (κ2) is 5.07. The number of carbonyl (C=O) groups is 2. The van der Waals surface area contributed by atoms with Crippen molar-refractivity contribution in [2.45, 2.75) is 6.54 Å². The lowest BCUT2D eigenvalue weighted by molar-refractivity contribution is -0.131. The van der Waals surface area contributed by atoms with Crippen LogP contribution < -0.4 is 5.73 Å². The smallest absolute Gasteiger partial charge is 0.328 e. The molecule has 0 aliphatic heterocycles. The van der Waals surface area contributed by atoms with E-state index in [0.29, 0.717) is 12.1 Å². The molecule has 15 heavy (non-hydrogen) atoms. The van der Waals surface area contributed by atoms with Crippen LogP contribution >= 0.6 is 0 Å². The molecule has 0 aliphatic carbocycles. The van der Waals surface area contributed by atoms with E-state index in [-0.39, 0.29) is 5.78 Å². The average Bonchev–Trinajstić information content (AvgIpc) is 2.26. The first-order chi connectivity index (χ1) is 7.13. The maximum Gasteiger partial charge on any atom is 0.328 e. The number of carboxylic acids is 1. The summed E-state index contributed by atoms with van der Waals surface area (Å²) in [6.45, 7) is 0.416. The van der Waals surface area contributed by atoms with E-state index < -0.39 is 5.97 Å². The number of carbonyl (C=O) groups excluding carboxylic acids is 1. The second-order valence-corrected chi connectivity index (χ2v) is 2.94. The maximum atomic E-state index is 11.4. The van der Waals surface area contributed by atoms with Gasteiger partial charge in [0, 0.05) is 18.2 Å². The molecule has 0 bridgehead atoms. The summed E-state index contributed by atoms with van der Waals surface area (Å²) in [5.74, 6) is -1.47. The summed E-state index contributed by atoms with van der Waals surface area (Å²) in [7, 11) is 0. The predicted molar refractivity (Wildman–Crippen MR) is 55.4 cm³/mol. The molecule has 0 saturated carbocycles. The second-order valence-electron chi connectivity index (χ2n) is 2.94. The normalized spacial score (nSPS) is 10.5. The number of aliphatic carboxylic acids is 1. The molecule has 0 aromatic heterocycles. The summed E-state index contributed by atoms with van der Waals surface area (Å²) in [6, 6.07) is 6.72. The van der Waals surface area contributed by atoms with Crippen LogP contribution in [0.15, 0.2) is 36.4 Å². The Morgan fingerprint density at radius 3 is 2.27 bits per heavy atom. The van der Waals surface area contributed by atoms with Crippen molar-refractivity contribution in [3.8, 4) is 0 Å². The number of benzene rings is 1. The first-order valence-electron chi connectivity index (χ1n) is 4.38. The molecular formula is C11H11NO3. The highest BCUT2D eigenvalue weighted by atomic mass is 16.4. The van der Waals surface area contributed by atoms with E-state index in [9.17, 15) is 9.59 Å². The summed E-state index contributed by atoms with van der Waals surface area (Å²) >= 11 is 0. The quantitative estimate of drug-likeness (QED) is 0.567. The van der Waals surface area contributed by atoms with Crippen molar-refractivity contribution >= 4 is 11.8 Å². The topological polar surface area (TPSA) is 80.4 Å². The number of hydrogen-bond acceptors (Lipinski definition) is 3. The Morgan fingerprint density at radius 2 is 1.80 bits per heavy atom. The van der Waals surface area contributed by atoms with Gasteiger partial charge in [0.25, 0.3) is 0 Å². The molecule has 0 saturated heterocycles. The van der Waals surface area contributed by atoms with Gasteiger partial charge in [0.1, 0.15) is 0 Å². The fraction of sp³-hybridized carbons (Fsp3) is 0.0909. The average molecular weight is 205 g/mol. The van der Waals surface area contributed by atoms with Crippen LogP contribution in [-0.4, -0.2) is 16.9 Å². The molecule has 4 nitrogen and oxygen atoms in total. The molecule has 0 aliphatic rings. The molecule has 0 fully saturated rings. The van der Waals surface area contributed by atoms with Gasteiger partial charge in [-0.05, 0) is 11.6 Å². The molecular weight excluding hydrogens is 194 g/mol. The summed E-state index contributed by atoms with van der Waals surface area (Å²) in [6.07, 6.45) is 1.85. The fourth-order valence-corrected chi connectivity index (χ4v) is 1.05. The van der Waals surface area contributed by atoms with Crippen LogP contribution in [0, 0.1) is 0 Å². The molecule has 0 atom stereocenters. The highest BCUT2D eigenvalue weighted by Crippen LogP contribution is 2.05. The molecule has 0 radical (unpaired) electrons. The zero-order chi connectivity index (χ0) is 11.3. The van der Waals surface area contributed by atoms with Crippen LogP contribution in [0.3, 0.4) is 0 Å². The van der Waals surface area contributed by atoms with Gasteiger partial charge in [-0.25, -0.2) is 4.79 Å². The number of rotatable bonds is 4. The third kappa shape index (κ3) is 3.36. The van der Waals surface area contributed by atoms with E-state index >= 15 is 0 Å². The first-order valence-corrected chi connectivity index (χ1v) is 4.38. The lowest BCUT2D eigenvalue weighted by Gasteiger charge is -1.98. The number of allylic oxidation sites excluding steroid dienone is 1. The predicted octanol–water partition coefficient (Wildman–Crippen LogP) is 0.969. The molecule has 0 spiro atoms. The van der Waals surface area contributed by atoms with E-state index in [0.717, 1.165) is 17.7 Å². The number of carboxylic acid groups (broad SMARTS) is 1. The largest absolute Gasteiger partial charge is 0.478 e. The highest BCUT2D eigenvalue weighted by molar-refractivity contribution is 6.06. The Kier molecular flexibility index (Phi) is 3.76. The van der Waals surface area contributed by atoms with Crippen molar-refractivity contribution in [1.82, 2.24) is 0 Å². The van der Waals surface area contributed by atoms with Gasteiger partial charge in [-0.1, -0.05) is 24.3 Å². The van der Waals surface area contributed by atoms with Crippen LogP contribution in [0.1, 0.15) is 15.9 Å². The molecule has 1 aromatic rings. The molecule has 78 valence electrons. The van der Waals surface area contributed by atoms with Crippen molar-refractivity contribution in [3.63, 3.8) is 0 Å². The molecule has 3 N–H and O–H groups in total. The van der Waals surface area contributed by atoms with Gasteiger partial charge in [-0.15, -0.1) is 0 Å². The minimum Gasteiger partial charge on any atom is -0.478 e. The molecule has 0 unspecified atom stereocenters. The summed E-state index contributed by atoms with van der Waals surface area (Å²) in [4.78, 5) is 21.5. The SMILES string of the molecule is NCc1ccc(C(=O)C=CC(=O)O)cc1. The van der Waals surface area contributed by atoms with Crippen molar-refractivity contribution in [2.75, 3.05) is 0 Å². The molecule has 0 heterocycles. The summed E-state index contributed by atoms with van der Waals surface area (Å²) in [5, 5.41) is 8.34. The summed E-state index contributed by atoms with van der Waals surface area (Å²) < 4.78 is 0. The Balaban J connectivity index is 2.79. The molecule has 1 aromatic carbocycles. The van der Waals surface area contributed by atoms with E-state index in [1.165, 1.54) is 0 Å². The van der Waals surface area contributed by atoms with Gasteiger partial charge in [0.2, 0.25) is 0 Å². The zero-order valence-corrected chi connectivity index (χ0v) is 8.01. The van der Waals surface area contributed by atoms with Gasteiger partial charge < -0.3 is 10.8 Å². The fourth-order valence-electron chi connectivity index (χ4n) is 1.05. The number of ketones is 1. The van der Waals surface area contributed by atoms with Crippen molar-refractivity contribution in [1.29, 1.82) is 0 Å². The van der Waals surface area contributed by atoms with Gasteiger partial charge in [-0.2, -0.15) is 0 Å². The Bertz CT molecular complexity index is 393. The van der Waals surface area contributed by atoms with Crippen molar-refractivity contribution < 1.29 is 14.7 Å². The Labute approximate surface area is 87.0 Å². The van der Waals surface area contributed by atoms with E-state index in [2.05, 4.69) is 0 Å². The molecule has 1 rings (SSSR count). The zero-order valence-electron chi connectivity index (χ0n) is 8.01.